The fourth-order valence-corrected chi connectivity index (χ4v) is 4.04. The molecule has 6 heteroatoms. The zero-order valence-corrected chi connectivity index (χ0v) is 15.5. The lowest BCUT2D eigenvalue weighted by molar-refractivity contribution is 0.171. The van der Waals surface area contributed by atoms with Crippen molar-refractivity contribution in [3.63, 3.8) is 0 Å². The normalized spacial score (nSPS) is 14.9. The van der Waals surface area contributed by atoms with Crippen molar-refractivity contribution in [3.8, 4) is 11.5 Å². The second kappa shape index (κ2) is 6.26. The fourth-order valence-electron chi connectivity index (χ4n) is 2.12. The van der Waals surface area contributed by atoms with Gasteiger partial charge in [0, 0.05) is 4.47 Å². The standard InChI is InChI=1S/C15H10Br3FO2/c16-10-7-14-13(20-3-4-21-14)6-9(10)15(18)8-1-2-12(19)11(17)5-8/h1-2,5-7,15H,3-4H2. The Morgan fingerprint density at radius 3 is 2.29 bits per heavy atom. The summed E-state index contributed by atoms with van der Waals surface area (Å²) in [5.74, 6) is 1.18. The summed E-state index contributed by atoms with van der Waals surface area (Å²) in [6, 6.07) is 8.80. The predicted octanol–water partition coefficient (Wildman–Crippen LogP) is 5.61. The zero-order valence-electron chi connectivity index (χ0n) is 10.7. The predicted molar refractivity (Wildman–Crippen MR) is 90.0 cm³/mol. The van der Waals surface area contributed by atoms with Gasteiger partial charge in [-0.25, -0.2) is 4.39 Å². The lowest BCUT2D eigenvalue weighted by Gasteiger charge is -2.21. The largest absolute Gasteiger partial charge is 0.486 e. The number of fused-ring (bicyclic) bond motifs is 1. The van der Waals surface area contributed by atoms with Gasteiger partial charge in [-0.2, -0.15) is 0 Å². The van der Waals surface area contributed by atoms with Crippen molar-refractivity contribution < 1.29 is 13.9 Å². The van der Waals surface area contributed by atoms with E-state index in [4.69, 9.17) is 9.47 Å². The second-order valence-corrected chi connectivity index (χ2v) is 7.18. The van der Waals surface area contributed by atoms with Crippen molar-refractivity contribution in [2.24, 2.45) is 0 Å². The first-order valence-corrected chi connectivity index (χ1v) is 8.74. The highest BCUT2D eigenvalue weighted by Crippen LogP contribution is 2.42. The minimum absolute atomic E-state index is 0.0837. The first-order chi connectivity index (χ1) is 10.1. The van der Waals surface area contributed by atoms with Crippen LogP contribution >= 0.6 is 47.8 Å². The second-order valence-electron chi connectivity index (χ2n) is 4.55. The summed E-state index contributed by atoms with van der Waals surface area (Å²) in [6.07, 6.45) is 0. The molecule has 110 valence electrons. The third kappa shape index (κ3) is 3.12. The molecule has 1 aliphatic rings. The molecular weight excluding hydrogens is 471 g/mol. The molecule has 3 rings (SSSR count). The van der Waals surface area contributed by atoms with Crippen molar-refractivity contribution >= 4 is 47.8 Å². The molecule has 0 radical (unpaired) electrons. The third-order valence-electron chi connectivity index (χ3n) is 3.17. The smallest absolute Gasteiger partial charge is 0.162 e. The van der Waals surface area contributed by atoms with Gasteiger partial charge in [-0.1, -0.05) is 37.9 Å². The zero-order chi connectivity index (χ0) is 15.0. The van der Waals surface area contributed by atoms with Gasteiger partial charge >= 0.3 is 0 Å². The van der Waals surface area contributed by atoms with E-state index in [1.54, 1.807) is 12.1 Å². The Morgan fingerprint density at radius 2 is 1.62 bits per heavy atom. The van der Waals surface area contributed by atoms with Crippen molar-refractivity contribution in [2.75, 3.05) is 13.2 Å². The number of rotatable bonds is 2. The molecule has 0 spiro atoms. The SMILES string of the molecule is Fc1ccc(C(Br)c2cc3c(cc2Br)OCCO3)cc1Br. The molecule has 1 unspecified atom stereocenters. The van der Waals surface area contributed by atoms with Crippen molar-refractivity contribution in [3.05, 3.63) is 56.2 Å². The monoisotopic (exact) mass is 478 g/mol. The molecule has 0 aromatic heterocycles. The molecule has 0 fully saturated rings. The van der Waals surface area contributed by atoms with Crippen LogP contribution in [0.25, 0.3) is 0 Å². The van der Waals surface area contributed by atoms with Crippen LogP contribution in [-0.2, 0) is 0 Å². The molecule has 0 saturated carbocycles. The number of hydrogen-bond acceptors (Lipinski definition) is 2. The summed E-state index contributed by atoms with van der Waals surface area (Å²) in [4.78, 5) is -0.0837. The third-order valence-corrected chi connectivity index (χ3v) is 5.49. The lowest BCUT2D eigenvalue weighted by atomic mass is 10.0. The van der Waals surface area contributed by atoms with E-state index in [0.29, 0.717) is 17.7 Å². The molecule has 0 amide bonds. The quantitative estimate of drug-likeness (QED) is 0.520. The van der Waals surface area contributed by atoms with Crippen LogP contribution in [0.15, 0.2) is 39.3 Å². The summed E-state index contributed by atoms with van der Waals surface area (Å²) in [5.41, 5.74) is 1.94. The van der Waals surface area contributed by atoms with E-state index in [2.05, 4.69) is 47.8 Å². The first-order valence-electron chi connectivity index (χ1n) is 6.24. The average molecular weight is 481 g/mol. The molecule has 2 nitrogen and oxygen atoms in total. The van der Waals surface area contributed by atoms with E-state index in [9.17, 15) is 4.39 Å². The van der Waals surface area contributed by atoms with Gasteiger partial charge in [0.2, 0.25) is 0 Å². The molecule has 1 heterocycles. The van der Waals surface area contributed by atoms with Crippen LogP contribution in [0.3, 0.4) is 0 Å². The van der Waals surface area contributed by atoms with Crippen LogP contribution < -0.4 is 9.47 Å². The molecule has 0 bridgehead atoms. The van der Waals surface area contributed by atoms with Crippen LogP contribution in [0.4, 0.5) is 4.39 Å². The van der Waals surface area contributed by atoms with Crippen LogP contribution in [0, 0.1) is 5.82 Å². The number of alkyl halides is 1. The maximum atomic E-state index is 13.4. The highest BCUT2D eigenvalue weighted by atomic mass is 79.9. The molecule has 0 N–H and O–H groups in total. The Labute approximate surface area is 147 Å². The van der Waals surface area contributed by atoms with Crippen LogP contribution in [0.1, 0.15) is 16.0 Å². The van der Waals surface area contributed by atoms with Crippen molar-refractivity contribution in [1.82, 2.24) is 0 Å². The maximum absolute atomic E-state index is 13.4. The molecule has 1 atom stereocenters. The van der Waals surface area contributed by atoms with E-state index < -0.39 is 0 Å². The van der Waals surface area contributed by atoms with Gasteiger partial charge in [-0.15, -0.1) is 0 Å². The van der Waals surface area contributed by atoms with E-state index in [1.807, 2.05) is 12.1 Å². The Balaban J connectivity index is 2.00. The molecule has 2 aromatic rings. The van der Waals surface area contributed by atoms with Crippen LogP contribution in [0.5, 0.6) is 11.5 Å². The minimum atomic E-state index is -0.278. The Hall–Kier alpha value is -0.590. The molecule has 2 aromatic carbocycles. The van der Waals surface area contributed by atoms with Gasteiger partial charge in [0.15, 0.2) is 11.5 Å². The van der Waals surface area contributed by atoms with Crippen molar-refractivity contribution in [2.45, 2.75) is 4.83 Å². The highest BCUT2D eigenvalue weighted by Gasteiger charge is 2.20. The van der Waals surface area contributed by atoms with Gasteiger partial charge in [-0.05, 0) is 51.3 Å². The topological polar surface area (TPSA) is 18.5 Å². The summed E-state index contributed by atoms with van der Waals surface area (Å²) in [7, 11) is 0. The fraction of sp³-hybridized carbons (Fsp3) is 0.200. The minimum Gasteiger partial charge on any atom is -0.486 e. The lowest BCUT2D eigenvalue weighted by Crippen LogP contribution is -2.15. The van der Waals surface area contributed by atoms with Gasteiger partial charge in [0.1, 0.15) is 19.0 Å². The Kier molecular flexibility index (Phi) is 4.57. The van der Waals surface area contributed by atoms with Gasteiger partial charge in [0.25, 0.3) is 0 Å². The summed E-state index contributed by atoms with van der Waals surface area (Å²) >= 11 is 10.4. The number of benzene rings is 2. The summed E-state index contributed by atoms with van der Waals surface area (Å²) < 4.78 is 25.9. The van der Waals surface area contributed by atoms with E-state index in [-0.39, 0.29) is 10.6 Å². The van der Waals surface area contributed by atoms with Crippen LogP contribution in [0.2, 0.25) is 0 Å². The summed E-state index contributed by atoms with van der Waals surface area (Å²) in [6.45, 7) is 1.10. The highest BCUT2D eigenvalue weighted by molar-refractivity contribution is 9.11. The molecule has 21 heavy (non-hydrogen) atoms. The number of ether oxygens (including phenoxy) is 2. The van der Waals surface area contributed by atoms with Gasteiger partial charge < -0.3 is 9.47 Å². The maximum Gasteiger partial charge on any atom is 0.162 e. The van der Waals surface area contributed by atoms with Gasteiger partial charge in [-0.3, -0.25) is 0 Å². The molecule has 0 saturated heterocycles. The number of hydrogen-bond donors (Lipinski definition) is 0. The van der Waals surface area contributed by atoms with Crippen molar-refractivity contribution in [1.29, 1.82) is 0 Å². The number of halogens is 4. The molecule has 1 aliphatic heterocycles. The molecule has 0 aliphatic carbocycles. The van der Waals surface area contributed by atoms with E-state index >= 15 is 0 Å². The Morgan fingerprint density at radius 1 is 0.952 bits per heavy atom. The molecular formula is C15H10Br3FO2. The average Bonchev–Trinajstić information content (AvgIpc) is 2.48. The van der Waals surface area contributed by atoms with E-state index in [1.165, 1.54) is 6.07 Å². The summed E-state index contributed by atoms with van der Waals surface area (Å²) in [5, 5.41) is 0. The van der Waals surface area contributed by atoms with Crippen LogP contribution in [-0.4, -0.2) is 13.2 Å². The Bertz CT molecular complexity index is 691. The van der Waals surface area contributed by atoms with Gasteiger partial charge in [0.05, 0.1) is 9.30 Å². The first kappa shape index (κ1) is 15.3. The van der Waals surface area contributed by atoms with E-state index in [0.717, 1.165) is 27.1 Å².